The van der Waals surface area contributed by atoms with E-state index in [1.54, 1.807) is 48.8 Å². The summed E-state index contributed by atoms with van der Waals surface area (Å²) in [5.41, 5.74) is 1.26. The van der Waals surface area contributed by atoms with E-state index < -0.39 is 5.25 Å². The van der Waals surface area contributed by atoms with Gasteiger partial charge in [-0.1, -0.05) is 54.2 Å². The van der Waals surface area contributed by atoms with Gasteiger partial charge in [-0.25, -0.2) is 4.39 Å². The normalized spacial score (nSPS) is 12.0. The van der Waals surface area contributed by atoms with E-state index in [2.05, 4.69) is 10.2 Å². The topological polar surface area (TPSA) is 51.0 Å². The summed E-state index contributed by atoms with van der Waals surface area (Å²) in [5.74, 6) is 0.0230. The minimum atomic E-state index is -0.456. The van der Waals surface area contributed by atoms with Crippen LogP contribution in [0, 0.1) is 5.82 Å². The van der Waals surface area contributed by atoms with E-state index in [1.807, 2.05) is 30.3 Å². The Morgan fingerprint density at radius 1 is 1.08 bits per heavy atom. The number of thioether (sulfide) groups is 1. The Morgan fingerprint density at radius 3 is 2.38 bits per heavy atom. The molecule has 3 rings (SSSR count). The van der Waals surface area contributed by atoms with Crippen LogP contribution in [-0.2, 0) is 11.8 Å². The average molecular weight is 370 g/mol. The standard InChI is InChI=1S/C19H19FN4OS/c1-23(2)18(25)16(13-9-5-4-6-10-13)26-19-22-21-17(24(19)3)14-11-7-8-12-15(14)20/h4-12,16H,1-3H3. The number of aromatic nitrogens is 3. The first-order valence-electron chi connectivity index (χ1n) is 8.06. The highest BCUT2D eigenvalue weighted by Crippen LogP contribution is 2.36. The van der Waals surface area contributed by atoms with Crippen molar-refractivity contribution in [3.63, 3.8) is 0 Å². The zero-order valence-electron chi connectivity index (χ0n) is 14.8. The summed E-state index contributed by atoms with van der Waals surface area (Å²) < 4.78 is 15.8. The lowest BCUT2D eigenvalue weighted by Crippen LogP contribution is -2.26. The highest BCUT2D eigenvalue weighted by atomic mass is 32.2. The summed E-state index contributed by atoms with van der Waals surface area (Å²) in [5, 5.41) is 8.40. The molecule has 0 N–H and O–H groups in total. The molecule has 1 atom stereocenters. The van der Waals surface area contributed by atoms with E-state index in [0.717, 1.165) is 5.56 Å². The minimum absolute atomic E-state index is 0.0448. The molecule has 7 heteroatoms. The van der Waals surface area contributed by atoms with Crippen LogP contribution in [0.1, 0.15) is 10.8 Å². The van der Waals surface area contributed by atoms with Crippen LogP contribution in [0.25, 0.3) is 11.4 Å². The number of carbonyl (C=O) groups is 1. The van der Waals surface area contributed by atoms with Crippen molar-refractivity contribution in [2.45, 2.75) is 10.4 Å². The molecular formula is C19H19FN4OS. The van der Waals surface area contributed by atoms with Crippen LogP contribution in [0.15, 0.2) is 59.8 Å². The largest absolute Gasteiger partial charge is 0.348 e. The van der Waals surface area contributed by atoms with Crippen LogP contribution in [0.5, 0.6) is 0 Å². The number of hydrogen-bond acceptors (Lipinski definition) is 4. The Balaban J connectivity index is 1.96. The Bertz CT molecular complexity index is 911. The third kappa shape index (κ3) is 3.62. The molecule has 0 aliphatic carbocycles. The van der Waals surface area contributed by atoms with E-state index in [-0.39, 0.29) is 11.7 Å². The Labute approximate surface area is 155 Å². The molecule has 0 fully saturated rings. The molecule has 26 heavy (non-hydrogen) atoms. The number of halogens is 1. The summed E-state index contributed by atoms with van der Waals surface area (Å²) >= 11 is 1.30. The van der Waals surface area contributed by atoms with Gasteiger partial charge < -0.3 is 9.47 Å². The molecule has 5 nitrogen and oxygen atoms in total. The van der Waals surface area contributed by atoms with Crippen LogP contribution in [0.3, 0.4) is 0 Å². The molecule has 0 aliphatic rings. The quantitative estimate of drug-likeness (QED) is 0.645. The predicted molar refractivity (Wildman–Crippen MR) is 100 cm³/mol. The van der Waals surface area contributed by atoms with Gasteiger partial charge in [0.05, 0.1) is 5.56 Å². The molecule has 0 spiro atoms. The van der Waals surface area contributed by atoms with E-state index in [1.165, 1.54) is 17.8 Å². The fourth-order valence-electron chi connectivity index (χ4n) is 2.52. The molecule has 1 aromatic heterocycles. The van der Waals surface area contributed by atoms with Gasteiger partial charge in [-0.05, 0) is 17.7 Å². The maximum atomic E-state index is 14.1. The molecule has 3 aromatic rings. The lowest BCUT2D eigenvalue weighted by molar-refractivity contribution is -0.128. The van der Waals surface area contributed by atoms with Gasteiger partial charge in [0.25, 0.3) is 0 Å². The van der Waals surface area contributed by atoms with Crippen molar-refractivity contribution in [3.05, 3.63) is 66.0 Å². The van der Waals surface area contributed by atoms with Crippen LogP contribution in [0.4, 0.5) is 4.39 Å². The van der Waals surface area contributed by atoms with E-state index >= 15 is 0 Å². The number of benzene rings is 2. The molecule has 1 unspecified atom stereocenters. The van der Waals surface area contributed by atoms with Crippen LogP contribution in [0.2, 0.25) is 0 Å². The summed E-state index contributed by atoms with van der Waals surface area (Å²) in [6, 6.07) is 16.0. The second-order valence-corrected chi connectivity index (χ2v) is 7.06. The highest BCUT2D eigenvalue weighted by molar-refractivity contribution is 8.00. The van der Waals surface area contributed by atoms with Crippen LogP contribution in [-0.4, -0.2) is 39.7 Å². The average Bonchev–Trinajstić information content (AvgIpc) is 3.00. The monoisotopic (exact) mass is 370 g/mol. The zero-order valence-corrected chi connectivity index (χ0v) is 15.6. The smallest absolute Gasteiger partial charge is 0.240 e. The summed E-state index contributed by atoms with van der Waals surface area (Å²) in [7, 11) is 5.22. The van der Waals surface area contributed by atoms with Crippen molar-refractivity contribution in [3.8, 4) is 11.4 Å². The van der Waals surface area contributed by atoms with Crippen molar-refractivity contribution in [1.29, 1.82) is 0 Å². The van der Waals surface area contributed by atoms with E-state index in [4.69, 9.17) is 0 Å². The second-order valence-electron chi connectivity index (χ2n) is 5.99. The third-order valence-electron chi connectivity index (χ3n) is 3.94. The summed E-state index contributed by atoms with van der Waals surface area (Å²) in [6.07, 6.45) is 0. The van der Waals surface area contributed by atoms with Gasteiger partial charge in [-0.15, -0.1) is 10.2 Å². The van der Waals surface area contributed by atoms with E-state index in [9.17, 15) is 9.18 Å². The van der Waals surface area contributed by atoms with Gasteiger partial charge >= 0.3 is 0 Å². The Kier molecular flexibility index (Phi) is 5.37. The van der Waals surface area contributed by atoms with Crippen molar-refractivity contribution >= 4 is 17.7 Å². The van der Waals surface area contributed by atoms with Crippen LogP contribution >= 0.6 is 11.8 Å². The first kappa shape index (κ1) is 18.1. The molecule has 0 saturated heterocycles. The Morgan fingerprint density at radius 2 is 1.73 bits per heavy atom. The summed E-state index contributed by atoms with van der Waals surface area (Å²) in [4.78, 5) is 14.2. The van der Waals surface area contributed by atoms with E-state index in [0.29, 0.717) is 16.5 Å². The molecule has 1 heterocycles. The molecule has 0 bridgehead atoms. The van der Waals surface area contributed by atoms with Gasteiger partial charge in [-0.3, -0.25) is 4.79 Å². The molecule has 0 saturated carbocycles. The van der Waals surface area contributed by atoms with Gasteiger partial charge in [0.1, 0.15) is 11.1 Å². The lowest BCUT2D eigenvalue weighted by Gasteiger charge is -2.20. The van der Waals surface area contributed by atoms with Gasteiger partial charge in [-0.2, -0.15) is 0 Å². The molecule has 134 valence electrons. The maximum absolute atomic E-state index is 14.1. The second kappa shape index (κ2) is 7.70. The molecule has 2 aromatic carbocycles. The van der Waals surface area contributed by atoms with Crippen molar-refractivity contribution in [2.75, 3.05) is 14.1 Å². The van der Waals surface area contributed by atoms with Gasteiger partial charge in [0.2, 0.25) is 5.91 Å². The minimum Gasteiger partial charge on any atom is -0.348 e. The summed E-state index contributed by atoms with van der Waals surface area (Å²) in [6.45, 7) is 0. The number of nitrogens with zero attached hydrogens (tertiary/aromatic N) is 4. The van der Waals surface area contributed by atoms with Crippen molar-refractivity contribution in [1.82, 2.24) is 19.7 Å². The lowest BCUT2D eigenvalue weighted by atomic mass is 10.1. The molecule has 0 aliphatic heterocycles. The first-order chi connectivity index (χ1) is 12.5. The number of likely N-dealkylation sites (N-methyl/N-ethyl adjacent to an activating group) is 1. The van der Waals surface area contributed by atoms with Crippen LogP contribution < -0.4 is 0 Å². The maximum Gasteiger partial charge on any atom is 0.240 e. The number of rotatable bonds is 5. The highest BCUT2D eigenvalue weighted by Gasteiger charge is 2.26. The van der Waals surface area contributed by atoms with Gasteiger partial charge in [0.15, 0.2) is 11.0 Å². The molecule has 1 amide bonds. The SMILES string of the molecule is CN(C)C(=O)C(Sc1nnc(-c2ccccc2F)n1C)c1ccccc1. The fraction of sp³-hybridized carbons (Fsp3) is 0.211. The third-order valence-corrected chi connectivity index (χ3v) is 5.22. The van der Waals surface area contributed by atoms with Crippen molar-refractivity contribution < 1.29 is 9.18 Å². The molecular weight excluding hydrogens is 351 g/mol. The number of amides is 1. The number of hydrogen-bond donors (Lipinski definition) is 0. The zero-order chi connectivity index (χ0) is 18.7. The number of carbonyl (C=O) groups excluding carboxylic acids is 1. The van der Waals surface area contributed by atoms with Crippen molar-refractivity contribution in [2.24, 2.45) is 7.05 Å². The fourth-order valence-corrected chi connectivity index (χ4v) is 3.67. The first-order valence-corrected chi connectivity index (χ1v) is 8.94. The molecule has 0 radical (unpaired) electrons. The Hall–Kier alpha value is -2.67. The van der Waals surface area contributed by atoms with Gasteiger partial charge in [0, 0.05) is 21.1 Å². The predicted octanol–water partition coefficient (Wildman–Crippen LogP) is 3.54.